The lowest BCUT2D eigenvalue weighted by Gasteiger charge is -2.13. The summed E-state index contributed by atoms with van der Waals surface area (Å²) < 4.78 is 11.9. The van der Waals surface area contributed by atoms with Crippen molar-refractivity contribution in [3.8, 4) is 0 Å². The molecule has 0 aliphatic carbocycles. The van der Waals surface area contributed by atoms with Gasteiger partial charge in [0.1, 0.15) is 0 Å². The molecule has 1 aromatic rings. The third kappa shape index (κ3) is 5.24. The summed E-state index contributed by atoms with van der Waals surface area (Å²) in [5.74, 6) is 0.442. The zero-order valence-electron chi connectivity index (χ0n) is 10.2. The summed E-state index contributed by atoms with van der Waals surface area (Å²) in [6, 6.07) is 5.21. The molecule has 0 aromatic heterocycles. The van der Waals surface area contributed by atoms with Gasteiger partial charge in [0.15, 0.2) is 0 Å². The fourth-order valence-electron chi connectivity index (χ4n) is 1.36. The number of carbonyl (C=O) groups excluding carboxylic acids is 1. The van der Waals surface area contributed by atoms with Gasteiger partial charge in [0.2, 0.25) is 0 Å². The molecule has 6 heteroatoms. The average molecular weight is 400 g/mol. The molecule has 0 aliphatic heterocycles. The molecule has 0 heterocycles. The fourth-order valence-corrected chi connectivity index (χ4v) is 2.56. The third-order valence-electron chi connectivity index (χ3n) is 2.40. The molecular weight excluding hydrogens is 385 g/mol. The Hall–Kier alpha value is -0.140. The van der Waals surface area contributed by atoms with Crippen molar-refractivity contribution in [1.82, 2.24) is 5.32 Å². The van der Waals surface area contributed by atoms with Gasteiger partial charge >= 0.3 is 0 Å². The van der Waals surface area contributed by atoms with E-state index < -0.39 is 10.8 Å². The van der Waals surface area contributed by atoms with Gasteiger partial charge in [-0.1, -0.05) is 11.6 Å². The Balaban J connectivity index is 2.59. The van der Waals surface area contributed by atoms with Gasteiger partial charge in [0, 0.05) is 38.0 Å². The van der Waals surface area contributed by atoms with Crippen LogP contribution in [0.5, 0.6) is 0 Å². The number of amides is 1. The summed E-state index contributed by atoms with van der Waals surface area (Å²) in [4.78, 5) is 11.9. The van der Waals surface area contributed by atoms with Crippen LogP contribution in [0.2, 0.25) is 5.02 Å². The predicted octanol–water partition coefficient (Wildman–Crippen LogP) is 2.83. The largest absolute Gasteiger partial charge is 0.350 e. The highest BCUT2D eigenvalue weighted by atomic mass is 127. The Morgan fingerprint density at radius 3 is 2.78 bits per heavy atom. The van der Waals surface area contributed by atoms with Gasteiger partial charge in [-0.2, -0.15) is 0 Å². The van der Waals surface area contributed by atoms with E-state index in [1.165, 1.54) is 0 Å². The van der Waals surface area contributed by atoms with Gasteiger partial charge in [-0.15, -0.1) is 0 Å². The molecule has 3 nitrogen and oxygen atoms in total. The number of nitrogens with one attached hydrogen (secondary N) is 1. The number of hydrogen-bond acceptors (Lipinski definition) is 2. The zero-order chi connectivity index (χ0) is 13.7. The highest BCUT2D eigenvalue weighted by molar-refractivity contribution is 14.1. The molecule has 1 aromatic carbocycles. The van der Waals surface area contributed by atoms with Gasteiger partial charge in [0.05, 0.1) is 5.02 Å². The number of benzene rings is 1. The van der Waals surface area contributed by atoms with Crippen molar-refractivity contribution >= 4 is 50.9 Å². The maximum Gasteiger partial charge on any atom is 0.251 e. The van der Waals surface area contributed by atoms with Crippen LogP contribution in [-0.2, 0) is 10.8 Å². The molecule has 0 aliphatic rings. The molecular formula is C12H15ClINO2S. The van der Waals surface area contributed by atoms with Crippen molar-refractivity contribution in [3.05, 3.63) is 32.4 Å². The van der Waals surface area contributed by atoms with Crippen molar-refractivity contribution < 1.29 is 9.00 Å². The van der Waals surface area contributed by atoms with E-state index in [9.17, 15) is 9.00 Å². The van der Waals surface area contributed by atoms with E-state index in [0.29, 0.717) is 22.8 Å². The van der Waals surface area contributed by atoms with Crippen LogP contribution in [0.1, 0.15) is 23.7 Å². The van der Waals surface area contributed by atoms with Gasteiger partial charge in [-0.05, 0) is 54.1 Å². The second-order valence-corrected chi connectivity index (χ2v) is 7.19. The Morgan fingerprint density at radius 1 is 1.56 bits per heavy atom. The molecule has 0 saturated carbocycles. The molecule has 1 amide bonds. The summed E-state index contributed by atoms with van der Waals surface area (Å²) in [5, 5.41) is 3.44. The van der Waals surface area contributed by atoms with E-state index in [-0.39, 0.29) is 11.9 Å². The van der Waals surface area contributed by atoms with Crippen LogP contribution in [0.15, 0.2) is 18.2 Å². The second kappa shape index (κ2) is 7.45. The van der Waals surface area contributed by atoms with Crippen LogP contribution < -0.4 is 5.32 Å². The lowest BCUT2D eigenvalue weighted by molar-refractivity contribution is 0.0939. The van der Waals surface area contributed by atoms with Crippen LogP contribution in [-0.4, -0.2) is 28.2 Å². The first kappa shape index (κ1) is 15.9. The smallest absolute Gasteiger partial charge is 0.251 e. The predicted molar refractivity (Wildman–Crippen MR) is 84.6 cm³/mol. The Bertz CT molecular complexity index is 467. The van der Waals surface area contributed by atoms with Crippen LogP contribution in [0.4, 0.5) is 0 Å². The van der Waals surface area contributed by atoms with Crippen LogP contribution >= 0.6 is 34.2 Å². The Labute approximate surface area is 128 Å². The second-order valence-electron chi connectivity index (χ2n) is 4.07. The quantitative estimate of drug-likeness (QED) is 0.774. The molecule has 2 unspecified atom stereocenters. The maximum absolute atomic E-state index is 11.9. The zero-order valence-corrected chi connectivity index (χ0v) is 13.9. The maximum atomic E-state index is 11.9. The van der Waals surface area contributed by atoms with E-state index in [1.807, 2.05) is 13.0 Å². The molecule has 18 heavy (non-hydrogen) atoms. The summed E-state index contributed by atoms with van der Waals surface area (Å²) in [6.45, 7) is 1.90. The van der Waals surface area contributed by atoms with Crippen molar-refractivity contribution in [2.75, 3.05) is 12.0 Å². The molecule has 100 valence electrons. The lowest BCUT2D eigenvalue weighted by atomic mass is 10.2. The first-order valence-corrected chi connectivity index (χ1v) is 8.64. The van der Waals surface area contributed by atoms with Crippen LogP contribution in [0.3, 0.4) is 0 Å². The number of halogens is 2. The molecule has 0 radical (unpaired) electrons. The number of rotatable bonds is 5. The minimum absolute atomic E-state index is 0.000506. The van der Waals surface area contributed by atoms with Crippen molar-refractivity contribution in [2.24, 2.45) is 0 Å². The standard InChI is InChI=1S/C12H15ClINO2S/c1-8(5-6-18(2)17)15-12(16)9-3-4-11(14)10(13)7-9/h3-4,7-8H,5-6H2,1-2H3,(H,15,16). The van der Waals surface area contributed by atoms with E-state index in [4.69, 9.17) is 11.6 Å². The minimum atomic E-state index is -0.826. The summed E-state index contributed by atoms with van der Waals surface area (Å²) in [5.41, 5.74) is 0.546. The van der Waals surface area contributed by atoms with E-state index >= 15 is 0 Å². The summed E-state index contributed by atoms with van der Waals surface area (Å²) in [6.07, 6.45) is 2.36. The molecule has 1 N–H and O–H groups in total. The van der Waals surface area contributed by atoms with Gasteiger partial charge in [-0.3, -0.25) is 9.00 Å². The molecule has 1 rings (SSSR count). The molecule has 2 atom stereocenters. The summed E-state index contributed by atoms with van der Waals surface area (Å²) >= 11 is 8.08. The first-order chi connectivity index (χ1) is 8.40. The molecule has 0 fully saturated rings. The monoisotopic (exact) mass is 399 g/mol. The van der Waals surface area contributed by atoms with E-state index in [0.717, 1.165) is 3.57 Å². The first-order valence-electron chi connectivity index (χ1n) is 5.46. The number of hydrogen-bond donors (Lipinski definition) is 1. The SMILES string of the molecule is CC(CCS(C)=O)NC(=O)c1ccc(I)c(Cl)c1. The molecule has 0 saturated heterocycles. The van der Waals surface area contributed by atoms with Crippen LogP contribution in [0.25, 0.3) is 0 Å². The average Bonchev–Trinajstić information content (AvgIpc) is 2.30. The normalized spacial score (nSPS) is 14.0. The summed E-state index contributed by atoms with van der Waals surface area (Å²) in [7, 11) is -0.826. The van der Waals surface area contributed by atoms with Crippen LogP contribution in [0, 0.1) is 3.57 Å². The fraction of sp³-hybridized carbons (Fsp3) is 0.417. The minimum Gasteiger partial charge on any atom is -0.350 e. The third-order valence-corrected chi connectivity index (χ3v) is 4.78. The van der Waals surface area contributed by atoms with Crippen molar-refractivity contribution in [3.63, 3.8) is 0 Å². The van der Waals surface area contributed by atoms with Gasteiger partial charge in [0.25, 0.3) is 5.91 Å². The van der Waals surface area contributed by atoms with Crippen molar-refractivity contribution in [2.45, 2.75) is 19.4 Å². The Morgan fingerprint density at radius 2 is 2.22 bits per heavy atom. The highest BCUT2D eigenvalue weighted by Crippen LogP contribution is 2.19. The molecule has 0 bridgehead atoms. The van der Waals surface area contributed by atoms with E-state index in [1.54, 1.807) is 18.4 Å². The van der Waals surface area contributed by atoms with Crippen molar-refractivity contribution in [1.29, 1.82) is 0 Å². The highest BCUT2D eigenvalue weighted by Gasteiger charge is 2.11. The Kier molecular flexibility index (Phi) is 6.59. The van der Waals surface area contributed by atoms with Gasteiger partial charge in [-0.25, -0.2) is 0 Å². The van der Waals surface area contributed by atoms with E-state index in [2.05, 4.69) is 27.9 Å². The number of carbonyl (C=O) groups is 1. The topological polar surface area (TPSA) is 46.2 Å². The lowest BCUT2D eigenvalue weighted by Crippen LogP contribution is -2.33. The molecule has 0 spiro atoms. The van der Waals surface area contributed by atoms with Gasteiger partial charge < -0.3 is 5.32 Å².